The molecule has 0 radical (unpaired) electrons. The van der Waals surface area contributed by atoms with E-state index in [1.807, 2.05) is 84.9 Å². The van der Waals surface area contributed by atoms with E-state index in [2.05, 4.69) is 0 Å². The van der Waals surface area contributed by atoms with Crippen LogP contribution in [0.1, 0.15) is 16.9 Å². The number of hydrogen-bond acceptors (Lipinski definition) is 6. The monoisotopic (exact) mass is 522 g/mol. The zero-order valence-corrected chi connectivity index (χ0v) is 22.1. The predicted molar refractivity (Wildman–Crippen MR) is 153 cm³/mol. The molecule has 0 fully saturated rings. The summed E-state index contributed by atoms with van der Waals surface area (Å²) in [5, 5.41) is 11.3. The van der Waals surface area contributed by atoms with E-state index in [4.69, 9.17) is 23.4 Å². The Bertz CT molecular complexity index is 1590. The van der Waals surface area contributed by atoms with Crippen LogP contribution in [0.2, 0.25) is 0 Å². The van der Waals surface area contributed by atoms with Gasteiger partial charge in [0.05, 0.1) is 21.3 Å². The van der Waals surface area contributed by atoms with Crippen molar-refractivity contribution in [3.63, 3.8) is 0 Å². The van der Waals surface area contributed by atoms with Gasteiger partial charge >= 0.3 is 0 Å². The van der Waals surface area contributed by atoms with E-state index in [1.54, 1.807) is 26.4 Å². The van der Waals surface area contributed by atoms with E-state index in [0.29, 0.717) is 41.6 Å². The van der Waals surface area contributed by atoms with Gasteiger partial charge in [-0.3, -0.25) is 0 Å². The van der Waals surface area contributed by atoms with Crippen molar-refractivity contribution in [2.75, 3.05) is 27.9 Å². The molecule has 0 aliphatic heterocycles. The summed E-state index contributed by atoms with van der Waals surface area (Å²) in [5.41, 5.74) is 4.46. The Morgan fingerprint density at radius 3 is 2.10 bits per heavy atom. The molecule has 0 bridgehead atoms. The third-order valence-corrected chi connectivity index (χ3v) is 6.49. The highest BCUT2D eigenvalue weighted by molar-refractivity contribution is 5.97. The zero-order chi connectivity index (χ0) is 27.2. The Hall–Kier alpha value is -4.84. The van der Waals surface area contributed by atoms with Crippen LogP contribution < -0.4 is 18.9 Å². The molecule has 1 N–H and O–H groups in total. The number of phenols is 1. The highest BCUT2D eigenvalue weighted by Crippen LogP contribution is 2.43. The minimum atomic E-state index is 0.0508. The summed E-state index contributed by atoms with van der Waals surface area (Å²) in [7, 11) is 4.72. The van der Waals surface area contributed by atoms with Crippen molar-refractivity contribution in [1.29, 1.82) is 0 Å². The van der Waals surface area contributed by atoms with Gasteiger partial charge in [-0.25, -0.2) is 0 Å². The van der Waals surface area contributed by atoms with Crippen LogP contribution in [0.5, 0.6) is 28.7 Å². The molecule has 1 aromatic heterocycles. The summed E-state index contributed by atoms with van der Waals surface area (Å²) in [4.78, 5) is 0. The molecule has 1 heterocycles. The summed E-state index contributed by atoms with van der Waals surface area (Å²) < 4.78 is 29.1. The molecule has 5 rings (SSSR count). The Kier molecular flexibility index (Phi) is 7.73. The Morgan fingerprint density at radius 1 is 0.744 bits per heavy atom. The predicted octanol–water partition coefficient (Wildman–Crippen LogP) is 7.51. The number of rotatable bonds is 10. The number of fused-ring (bicyclic) bond motifs is 1. The second-order valence-electron chi connectivity index (χ2n) is 8.90. The first-order valence-electron chi connectivity index (χ1n) is 12.6. The fourth-order valence-corrected chi connectivity index (χ4v) is 4.61. The number of ether oxygens (including phenoxy) is 4. The van der Waals surface area contributed by atoms with E-state index in [-0.39, 0.29) is 5.75 Å². The van der Waals surface area contributed by atoms with Gasteiger partial charge in [0.25, 0.3) is 0 Å². The van der Waals surface area contributed by atoms with Gasteiger partial charge < -0.3 is 28.5 Å². The smallest absolute Gasteiger partial charge is 0.164 e. The van der Waals surface area contributed by atoms with E-state index in [9.17, 15) is 5.11 Å². The van der Waals surface area contributed by atoms with Crippen molar-refractivity contribution < 1.29 is 28.5 Å². The first kappa shape index (κ1) is 25.8. The van der Waals surface area contributed by atoms with Crippen molar-refractivity contribution in [2.45, 2.75) is 6.42 Å². The number of hydrogen-bond donors (Lipinski definition) is 1. The molecule has 6 heteroatoms. The molecule has 0 spiro atoms. The molecule has 5 aromatic rings. The second kappa shape index (κ2) is 11.7. The van der Waals surface area contributed by atoms with Crippen molar-refractivity contribution in [3.05, 3.63) is 108 Å². The molecule has 6 nitrogen and oxygen atoms in total. The number of benzene rings is 4. The van der Waals surface area contributed by atoms with Gasteiger partial charge in [0.2, 0.25) is 0 Å². The highest BCUT2D eigenvalue weighted by atomic mass is 16.5. The van der Waals surface area contributed by atoms with Gasteiger partial charge in [-0.05, 0) is 29.3 Å². The second-order valence-corrected chi connectivity index (χ2v) is 8.90. The van der Waals surface area contributed by atoms with Crippen LogP contribution in [0, 0.1) is 0 Å². The molecule has 0 saturated heterocycles. The van der Waals surface area contributed by atoms with E-state index in [0.717, 1.165) is 33.4 Å². The summed E-state index contributed by atoms with van der Waals surface area (Å²) in [6, 6.07) is 27.2. The average Bonchev–Trinajstić information content (AvgIpc) is 3.32. The molecular weight excluding hydrogens is 492 g/mol. The van der Waals surface area contributed by atoms with Crippen LogP contribution in [-0.2, 0) is 6.42 Å². The third kappa shape index (κ3) is 5.55. The number of phenolic OH excluding ortho intramolecular Hbond substituents is 1. The molecule has 198 valence electrons. The highest BCUT2D eigenvalue weighted by Gasteiger charge is 2.21. The summed E-state index contributed by atoms with van der Waals surface area (Å²) in [6.45, 7) is 0.369. The molecule has 0 atom stereocenters. The van der Waals surface area contributed by atoms with Gasteiger partial charge in [-0.2, -0.15) is 0 Å². The fourth-order valence-electron chi connectivity index (χ4n) is 4.61. The lowest BCUT2D eigenvalue weighted by molar-refractivity contribution is 0.336. The lowest BCUT2D eigenvalue weighted by Crippen LogP contribution is -2.01. The van der Waals surface area contributed by atoms with Gasteiger partial charge in [-0.1, -0.05) is 66.7 Å². The molecule has 0 amide bonds. The third-order valence-electron chi connectivity index (χ3n) is 6.49. The Balaban J connectivity index is 1.56. The van der Waals surface area contributed by atoms with Crippen molar-refractivity contribution >= 4 is 17.0 Å². The first-order chi connectivity index (χ1) is 19.1. The molecule has 0 aliphatic rings. The van der Waals surface area contributed by atoms with Crippen molar-refractivity contribution in [2.24, 2.45) is 0 Å². The number of furan rings is 1. The summed E-state index contributed by atoms with van der Waals surface area (Å²) >= 11 is 0. The fraction of sp³-hybridized carbons (Fsp3) is 0.152. The summed E-state index contributed by atoms with van der Waals surface area (Å²) in [6.07, 6.45) is 4.41. The van der Waals surface area contributed by atoms with Crippen LogP contribution >= 0.6 is 0 Å². The first-order valence-corrected chi connectivity index (χ1v) is 12.6. The van der Waals surface area contributed by atoms with Gasteiger partial charge in [-0.15, -0.1) is 0 Å². The maximum Gasteiger partial charge on any atom is 0.164 e. The van der Waals surface area contributed by atoms with Gasteiger partial charge in [0.15, 0.2) is 23.0 Å². The van der Waals surface area contributed by atoms with Gasteiger partial charge in [0.1, 0.15) is 23.7 Å². The normalized spacial score (nSPS) is 11.2. The SMILES string of the molecule is COc1cc2oc(Cc3cc(OC)c(OC)cc3OC/C=C/c3ccccc3)c(-c3ccccc3)c2cc1O. The molecule has 4 aromatic carbocycles. The van der Waals surface area contributed by atoms with Crippen LogP contribution in [0.3, 0.4) is 0 Å². The maximum atomic E-state index is 10.5. The van der Waals surface area contributed by atoms with Crippen LogP contribution in [0.25, 0.3) is 28.2 Å². The standard InChI is InChI=1S/C33H30O6/c1-35-29-21-28-25(19-26(29)34)33(23-14-8-5-9-15-23)32(39-28)18-24-17-30(36-2)31(37-3)20-27(24)38-16-10-13-22-11-6-4-7-12-22/h4-15,17,19-21,34H,16,18H2,1-3H3/b13-10+. The Morgan fingerprint density at radius 2 is 1.41 bits per heavy atom. The minimum Gasteiger partial charge on any atom is -0.504 e. The Labute approximate surface area is 227 Å². The average molecular weight is 523 g/mol. The molecule has 0 saturated carbocycles. The van der Waals surface area contributed by atoms with E-state index >= 15 is 0 Å². The molecule has 39 heavy (non-hydrogen) atoms. The molecular formula is C33H30O6. The van der Waals surface area contributed by atoms with Crippen molar-refractivity contribution in [3.8, 4) is 39.9 Å². The van der Waals surface area contributed by atoms with Crippen LogP contribution in [-0.4, -0.2) is 33.0 Å². The van der Waals surface area contributed by atoms with Crippen molar-refractivity contribution in [1.82, 2.24) is 0 Å². The number of methoxy groups -OCH3 is 3. The lowest BCUT2D eigenvalue weighted by atomic mass is 9.98. The van der Waals surface area contributed by atoms with Crippen LogP contribution in [0.4, 0.5) is 0 Å². The lowest BCUT2D eigenvalue weighted by Gasteiger charge is -2.15. The zero-order valence-electron chi connectivity index (χ0n) is 22.1. The quantitative estimate of drug-likeness (QED) is 0.205. The summed E-state index contributed by atoms with van der Waals surface area (Å²) in [5.74, 6) is 2.95. The largest absolute Gasteiger partial charge is 0.504 e. The molecule has 0 unspecified atom stereocenters. The maximum absolute atomic E-state index is 10.5. The van der Waals surface area contributed by atoms with E-state index < -0.39 is 0 Å². The molecule has 0 aliphatic carbocycles. The number of aromatic hydroxyl groups is 1. The van der Waals surface area contributed by atoms with E-state index in [1.165, 1.54) is 7.11 Å². The minimum absolute atomic E-state index is 0.0508. The van der Waals surface area contributed by atoms with Gasteiger partial charge in [0, 0.05) is 35.1 Å². The topological polar surface area (TPSA) is 70.3 Å². The van der Waals surface area contributed by atoms with Crippen LogP contribution in [0.15, 0.2) is 95.4 Å².